The van der Waals surface area contributed by atoms with E-state index in [4.69, 9.17) is 14.5 Å². The average Bonchev–Trinajstić information content (AvgIpc) is 4.16. The Hall–Kier alpha value is -5.18. The van der Waals surface area contributed by atoms with Gasteiger partial charge in [0.15, 0.2) is 0 Å². The van der Waals surface area contributed by atoms with Crippen LogP contribution in [0.1, 0.15) is 83.6 Å². The highest BCUT2D eigenvalue weighted by atomic mass is 32.2. The van der Waals surface area contributed by atoms with Gasteiger partial charge in [-0.15, -0.1) is 6.58 Å². The highest BCUT2D eigenvalue weighted by Crippen LogP contribution is 2.46. The molecule has 2 aliphatic heterocycles. The summed E-state index contributed by atoms with van der Waals surface area (Å²) in [6, 6.07) is 9.27. The summed E-state index contributed by atoms with van der Waals surface area (Å²) in [4.78, 5) is 65.6. The van der Waals surface area contributed by atoms with Crippen LogP contribution in [-0.2, 0) is 24.4 Å². The maximum atomic E-state index is 15.1. The fraction of sp³-hybridized carbons (Fsp3) is 0.533. The Morgan fingerprint density at radius 1 is 1.05 bits per heavy atom. The molecule has 1 saturated heterocycles. The minimum Gasteiger partial charge on any atom is -0.496 e. The second-order valence-corrected chi connectivity index (χ2v) is 20.2. The number of aromatic nitrogens is 1. The monoisotopic (exact) mass is 840 g/mol. The Balaban J connectivity index is 1.21. The number of amides is 5. The van der Waals surface area contributed by atoms with Crippen molar-refractivity contribution in [1.29, 1.82) is 0 Å². The number of methoxy groups -OCH3 is 1. The van der Waals surface area contributed by atoms with Gasteiger partial charge in [0.25, 0.3) is 5.91 Å². The number of urea groups is 1. The molecule has 5 atom stereocenters. The summed E-state index contributed by atoms with van der Waals surface area (Å²) in [5, 5.41) is 7.83. The van der Waals surface area contributed by atoms with Crippen LogP contribution >= 0.6 is 0 Å². The summed E-state index contributed by atoms with van der Waals surface area (Å²) in [6.45, 7) is 8.40. The number of benzene rings is 2. The number of hydrogen-bond acceptors (Lipinski definition) is 9. The summed E-state index contributed by atoms with van der Waals surface area (Å²) in [5.74, 6) is -1.54. The number of ether oxygens (including phenoxy) is 2. The van der Waals surface area contributed by atoms with Gasteiger partial charge in [-0.25, -0.2) is 18.2 Å². The molecule has 3 aliphatic carbocycles. The molecule has 8 rings (SSSR count). The highest BCUT2D eigenvalue weighted by Gasteiger charge is 2.62. The number of nitrogens with zero attached hydrogens (tertiary/aromatic N) is 3. The number of nitrogens with one attached hydrogen (secondary N) is 3. The first-order chi connectivity index (χ1) is 28.6. The zero-order valence-electron chi connectivity index (χ0n) is 34.9. The van der Waals surface area contributed by atoms with E-state index < -0.39 is 62.6 Å². The summed E-state index contributed by atoms with van der Waals surface area (Å²) < 4.78 is 40.6. The lowest BCUT2D eigenvalue weighted by molar-refractivity contribution is -0.142. The highest BCUT2D eigenvalue weighted by molar-refractivity contribution is 7.91. The molecule has 0 radical (unpaired) electrons. The van der Waals surface area contributed by atoms with Crippen molar-refractivity contribution >= 4 is 61.5 Å². The van der Waals surface area contributed by atoms with E-state index in [1.807, 2.05) is 42.5 Å². The smallest absolute Gasteiger partial charge is 0.317 e. The van der Waals surface area contributed by atoms with Crippen LogP contribution in [0.4, 0.5) is 4.79 Å². The summed E-state index contributed by atoms with van der Waals surface area (Å²) >= 11 is 0. The van der Waals surface area contributed by atoms with Crippen molar-refractivity contribution in [2.45, 2.75) is 107 Å². The number of pyridine rings is 1. The number of carbonyl (C=O) groups excluding carboxylic acids is 4. The van der Waals surface area contributed by atoms with Crippen LogP contribution in [-0.4, -0.2) is 103 Å². The summed E-state index contributed by atoms with van der Waals surface area (Å²) in [6.07, 6.45) is 11.0. The van der Waals surface area contributed by atoms with E-state index in [0.717, 1.165) is 53.8 Å². The molecule has 3 heterocycles. The molecule has 15 heteroatoms. The van der Waals surface area contributed by atoms with E-state index in [9.17, 15) is 22.8 Å². The molecule has 3 N–H and O–H groups in total. The summed E-state index contributed by atoms with van der Waals surface area (Å²) in [7, 11) is -0.556. The average molecular weight is 841 g/mol. The Morgan fingerprint density at radius 2 is 1.80 bits per heavy atom. The van der Waals surface area contributed by atoms with Gasteiger partial charge in [-0.2, -0.15) is 0 Å². The van der Waals surface area contributed by atoms with Gasteiger partial charge in [-0.3, -0.25) is 19.1 Å². The molecule has 60 heavy (non-hydrogen) atoms. The first-order valence-corrected chi connectivity index (χ1v) is 22.7. The molecule has 0 spiro atoms. The van der Waals surface area contributed by atoms with Gasteiger partial charge in [0.2, 0.25) is 27.7 Å². The fourth-order valence-electron chi connectivity index (χ4n) is 9.47. The molecule has 5 amide bonds. The second-order valence-electron chi connectivity index (χ2n) is 18.2. The van der Waals surface area contributed by atoms with Crippen LogP contribution in [0.25, 0.3) is 27.8 Å². The maximum absolute atomic E-state index is 15.1. The SMILES string of the molecule is C=C[C@@H]1C[C@]1(NC(=O)[C@@H]1C[C@@H]2CN1C(=O)[C@H](C1CCCCC1)NC(=O)N(C)CC(C)(C)C/C=C\c1cc3c(nc4ccccc4c3cc1OC)O2)C(=O)NS(=O)(=O)C1CC1. The molecule has 0 unspecified atom stereocenters. The van der Waals surface area contributed by atoms with Crippen LogP contribution in [0, 0.1) is 17.3 Å². The standard InChI is InChI=1S/C45H56N6O8S/c1-6-29-24-45(29,42(54)49-60(56,57)31-18-19-31)48-39(52)36-22-30-25-51(36)41(53)38(27-13-8-7-9-14-27)47-43(55)50(4)26-44(2,3)20-12-15-28-21-34-33(23-37(28)58-5)32-16-10-11-17-35(32)46-40(34)59-30/h6,10-12,15-17,21,23,27,29-31,36,38H,1,7-9,13-14,18-20,22,24-26H2,2-5H3,(H,47,55)(H,48,52)(H,49,54)/b15-12-/t29-,30-,36+,38+,45-/m1/s1. The zero-order chi connectivity index (χ0) is 42.6. The number of allylic oxidation sites excluding steroid dienone is 1. The normalized spacial score (nSPS) is 28.0. The van der Waals surface area contributed by atoms with Gasteiger partial charge in [0.1, 0.15) is 29.5 Å². The molecule has 4 fully saturated rings. The van der Waals surface area contributed by atoms with Crippen molar-refractivity contribution < 1.29 is 37.1 Å². The van der Waals surface area contributed by atoms with Gasteiger partial charge in [-0.1, -0.05) is 69.5 Å². The molecule has 5 aliphatic rings. The third-order valence-corrected chi connectivity index (χ3v) is 14.9. The van der Waals surface area contributed by atoms with Crippen LogP contribution in [0.15, 0.2) is 55.1 Å². The van der Waals surface area contributed by atoms with Crippen molar-refractivity contribution in [2.75, 3.05) is 27.2 Å². The minimum atomic E-state index is -3.91. The predicted molar refractivity (Wildman–Crippen MR) is 229 cm³/mol. The minimum absolute atomic E-state index is 0.00205. The van der Waals surface area contributed by atoms with Gasteiger partial charge in [0.05, 0.1) is 24.4 Å². The first-order valence-electron chi connectivity index (χ1n) is 21.2. The van der Waals surface area contributed by atoms with E-state index in [0.29, 0.717) is 43.0 Å². The fourth-order valence-corrected chi connectivity index (χ4v) is 10.8. The van der Waals surface area contributed by atoms with Crippen molar-refractivity contribution in [3.63, 3.8) is 0 Å². The molecule has 3 saturated carbocycles. The van der Waals surface area contributed by atoms with Gasteiger partial charge < -0.3 is 29.9 Å². The maximum Gasteiger partial charge on any atom is 0.317 e. The van der Waals surface area contributed by atoms with E-state index in [2.05, 4.69) is 41.9 Å². The lowest BCUT2D eigenvalue weighted by atomic mass is 9.83. The van der Waals surface area contributed by atoms with Crippen LogP contribution in [0.5, 0.6) is 11.6 Å². The number of rotatable bonds is 8. The predicted octanol–water partition coefficient (Wildman–Crippen LogP) is 5.45. The lowest BCUT2D eigenvalue weighted by Crippen LogP contribution is -2.60. The van der Waals surface area contributed by atoms with Crippen molar-refractivity contribution in [1.82, 2.24) is 30.1 Å². The van der Waals surface area contributed by atoms with Crippen LogP contribution in [0.2, 0.25) is 0 Å². The number of para-hydroxylation sites is 1. The molecule has 2 aromatic carbocycles. The van der Waals surface area contributed by atoms with E-state index in [-0.39, 0.29) is 36.8 Å². The lowest BCUT2D eigenvalue weighted by Gasteiger charge is -2.36. The quantitative estimate of drug-likeness (QED) is 0.197. The number of hydrogen-bond donors (Lipinski definition) is 3. The summed E-state index contributed by atoms with van der Waals surface area (Å²) in [5.41, 5.74) is -0.394. The van der Waals surface area contributed by atoms with Crippen molar-refractivity contribution in [3.05, 3.63) is 60.7 Å². The van der Waals surface area contributed by atoms with Crippen molar-refractivity contribution in [2.24, 2.45) is 17.3 Å². The van der Waals surface area contributed by atoms with Gasteiger partial charge in [0, 0.05) is 47.7 Å². The Bertz CT molecular complexity index is 2370. The molecule has 14 nitrogen and oxygen atoms in total. The molecule has 3 aromatic rings. The number of sulfonamides is 1. The number of carbonyl (C=O) groups is 4. The van der Waals surface area contributed by atoms with E-state index in [1.54, 1.807) is 19.1 Å². The Morgan fingerprint density at radius 3 is 2.50 bits per heavy atom. The van der Waals surface area contributed by atoms with E-state index in [1.165, 1.54) is 11.0 Å². The molecule has 4 bridgehead atoms. The molecule has 1 aromatic heterocycles. The largest absolute Gasteiger partial charge is 0.496 e. The molecular formula is C45H56N6O8S. The van der Waals surface area contributed by atoms with Crippen LogP contribution < -0.4 is 24.8 Å². The third kappa shape index (κ3) is 8.16. The molecular weight excluding hydrogens is 785 g/mol. The second kappa shape index (κ2) is 16.0. The van der Waals surface area contributed by atoms with Gasteiger partial charge >= 0.3 is 6.03 Å². The molecule has 320 valence electrons. The topological polar surface area (TPSA) is 176 Å². The zero-order valence-corrected chi connectivity index (χ0v) is 35.7. The number of fused-ring (bicyclic) bond motifs is 5. The van der Waals surface area contributed by atoms with Crippen LogP contribution in [0.3, 0.4) is 0 Å². The van der Waals surface area contributed by atoms with Crippen molar-refractivity contribution in [3.8, 4) is 11.6 Å². The third-order valence-electron chi connectivity index (χ3n) is 13.0. The Labute approximate surface area is 351 Å². The van der Waals surface area contributed by atoms with Gasteiger partial charge in [-0.05, 0) is 68.1 Å². The van der Waals surface area contributed by atoms with E-state index >= 15 is 4.79 Å². The first kappa shape index (κ1) is 41.5. The Kier molecular flexibility index (Phi) is 11.1.